The summed E-state index contributed by atoms with van der Waals surface area (Å²) < 4.78 is 1.90. The molecule has 0 amide bonds. The van der Waals surface area contributed by atoms with E-state index in [4.69, 9.17) is 0 Å². The quantitative estimate of drug-likeness (QED) is 0.864. The summed E-state index contributed by atoms with van der Waals surface area (Å²) in [7, 11) is 1.96. The van der Waals surface area contributed by atoms with Crippen LogP contribution in [-0.4, -0.2) is 21.5 Å². The van der Waals surface area contributed by atoms with Gasteiger partial charge in [-0.25, -0.2) is 0 Å². The number of benzene rings is 1. The van der Waals surface area contributed by atoms with Gasteiger partial charge in [-0.05, 0) is 43.7 Å². The summed E-state index contributed by atoms with van der Waals surface area (Å²) >= 11 is 0. The van der Waals surface area contributed by atoms with Gasteiger partial charge in [0.05, 0.1) is 0 Å². The molecule has 0 aliphatic heterocycles. The number of aromatic nitrogens is 2. The van der Waals surface area contributed by atoms with Crippen LogP contribution in [0, 0.1) is 12.8 Å². The molecule has 0 aliphatic rings. The number of rotatable bonds is 6. The molecule has 19 heavy (non-hydrogen) atoms. The molecule has 3 nitrogen and oxygen atoms in total. The lowest BCUT2D eigenvalue weighted by atomic mass is 9.94. The first kappa shape index (κ1) is 13.8. The van der Waals surface area contributed by atoms with Crippen molar-refractivity contribution in [2.45, 2.75) is 26.2 Å². The molecule has 2 aromatic rings. The van der Waals surface area contributed by atoms with Gasteiger partial charge < -0.3 is 5.11 Å². The highest BCUT2D eigenvalue weighted by atomic mass is 16.3. The van der Waals surface area contributed by atoms with Crippen LogP contribution in [-0.2, 0) is 19.9 Å². The van der Waals surface area contributed by atoms with E-state index in [0.717, 1.165) is 19.3 Å². The summed E-state index contributed by atoms with van der Waals surface area (Å²) in [6, 6.07) is 10.6. The molecule has 2 rings (SSSR count). The van der Waals surface area contributed by atoms with Crippen LogP contribution in [0.2, 0.25) is 0 Å². The average Bonchev–Trinajstić information content (AvgIpc) is 2.80. The first-order valence-corrected chi connectivity index (χ1v) is 6.82. The Balaban J connectivity index is 1.92. The molecule has 1 aromatic heterocycles. The molecule has 0 aliphatic carbocycles. The molecule has 1 heterocycles. The highest BCUT2D eigenvalue weighted by Gasteiger charge is 2.10. The third-order valence-corrected chi connectivity index (χ3v) is 3.60. The van der Waals surface area contributed by atoms with E-state index in [-0.39, 0.29) is 6.61 Å². The molecule has 0 spiro atoms. The molecule has 3 heteroatoms. The first-order chi connectivity index (χ1) is 9.19. The third kappa shape index (κ3) is 3.93. The molecule has 1 atom stereocenters. The monoisotopic (exact) mass is 258 g/mol. The fourth-order valence-corrected chi connectivity index (χ4v) is 2.43. The number of hydrogen-bond donors (Lipinski definition) is 1. The Morgan fingerprint density at radius 1 is 1.32 bits per heavy atom. The molecule has 1 N–H and O–H groups in total. The van der Waals surface area contributed by atoms with Crippen molar-refractivity contribution in [2.24, 2.45) is 13.0 Å². The van der Waals surface area contributed by atoms with Crippen LogP contribution in [0.15, 0.2) is 36.5 Å². The SMILES string of the molecule is Cc1cccc(CC(CO)CCc2ccnn2C)c1. The minimum Gasteiger partial charge on any atom is -0.396 e. The van der Waals surface area contributed by atoms with Gasteiger partial charge in [0.15, 0.2) is 0 Å². The summed E-state index contributed by atoms with van der Waals surface area (Å²) in [5.74, 6) is 0.316. The smallest absolute Gasteiger partial charge is 0.0492 e. The van der Waals surface area contributed by atoms with E-state index in [1.54, 1.807) is 0 Å². The van der Waals surface area contributed by atoms with Crippen LogP contribution in [0.25, 0.3) is 0 Å². The van der Waals surface area contributed by atoms with Crippen molar-refractivity contribution in [3.8, 4) is 0 Å². The maximum Gasteiger partial charge on any atom is 0.0492 e. The van der Waals surface area contributed by atoms with Crippen molar-refractivity contribution < 1.29 is 5.11 Å². The van der Waals surface area contributed by atoms with Gasteiger partial charge in [-0.3, -0.25) is 4.68 Å². The molecule has 0 fully saturated rings. The molecule has 0 saturated heterocycles. The first-order valence-electron chi connectivity index (χ1n) is 6.82. The zero-order valence-corrected chi connectivity index (χ0v) is 11.7. The highest BCUT2D eigenvalue weighted by molar-refractivity contribution is 5.22. The molecular weight excluding hydrogens is 236 g/mol. The van der Waals surface area contributed by atoms with E-state index in [1.165, 1.54) is 16.8 Å². The van der Waals surface area contributed by atoms with Crippen LogP contribution in [0.5, 0.6) is 0 Å². The van der Waals surface area contributed by atoms with Crippen molar-refractivity contribution in [3.63, 3.8) is 0 Å². The van der Waals surface area contributed by atoms with Crippen LogP contribution in [0.1, 0.15) is 23.2 Å². The number of nitrogens with zero attached hydrogens (tertiary/aromatic N) is 2. The van der Waals surface area contributed by atoms with Gasteiger partial charge in [-0.15, -0.1) is 0 Å². The minimum atomic E-state index is 0.242. The van der Waals surface area contributed by atoms with Crippen molar-refractivity contribution in [1.82, 2.24) is 9.78 Å². The molecule has 102 valence electrons. The topological polar surface area (TPSA) is 38.1 Å². The van der Waals surface area contributed by atoms with E-state index in [1.807, 2.05) is 24.0 Å². The number of aryl methyl sites for hydroxylation is 3. The Morgan fingerprint density at radius 2 is 2.16 bits per heavy atom. The minimum absolute atomic E-state index is 0.242. The molecule has 0 radical (unpaired) electrons. The van der Waals surface area contributed by atoms with E-state index >= 15 is 0 Å². The van der Waals surface area contributed by atoms with Gasteiger partial charge in [0, 0.05) is 25.5 Å². The van der Waals surface area contributed by atoms with Gasteiger partial charge in [0.2, 0.25) is 0 Å². The summed E-state index contributed by atoms with van der Waals surface area (Å²) in [5, 5.41) is 13.7. The number of aliphatic hydroxyl groups excluding tert-OH is 1. The Labute approximate surface area is 114 Å². The molecule has 1 unspecified atom stereocenters. The lowest BCUT2D eigenvalue weighted by molar-refractivity contribution is 0.217. The van der Waals surface area contributed by atoms with E-state index in [9.17, 15) is 5.11 Å². The Morgan fingerprint density at radius 3 is 2.79 bits per heavy atom. The maximum atomic E-state index is 9.53. The van der Waals surface area contributed by atoms with Gasteiger partial charge in [0.25, 0.3) is 0 Å². The van der Waals surface area contributed by atoms with E-state index in [2.05, 4.69) is 36.3 Å². The van der Waals surface area contributed by atoms with Crippen molar-refractivity contribution in [1.29, 1.82) is 0 Å². The van der Waals surface area contributed by atoms with Crippen molar-refractivity contribution in [2.75, 3.05) is 6.61 Å². The summed E-state index contributed by atoms with van der Waals surface area (Å²) in [5.41, 5.74) is 3.81. The van der Waals surface area contributed by atoms with Crippen LogP contribution < -0.4 is 0 Å². The normalized spacial score (nSPS) is 12.6. The average molecular weight is 258 g/mol. The van der Waals surface area contributed by atoms with Gasteiger partial charge in [0.1, 0.15) is 0 Å². The summed E-state index contributed by atoms with van der Waals surface area (Å²) in [6.45, 7) is 2.35. The van der Waals surface area contributed by atoms with E-state index < -0.39 is 0 Å². The number of hydrogen-bond acceptors (Lipinski definition) is 2. The molecule has 0 bridgehead atoms. The zero-order chi connectivity index (χ0) is 13.7. The molecule has 0 saturated carbocycles. The standard InChI is InChI=1S/C16H22N2O/c1-13-4-3-5-14(10-13)11-15(12-19)6-7-16-8-9-17-18(16)2/h3-5,8-10,15,19H,6-7,11-12H2,1-2H3. The second-order valence-electron chi connectivity index (χ2n) is 5.23. The summed E-state index contributed by atoms with van der Waals surface area (Å²) in [4.78, 5) is 0. The van der Waals surface area contributed by atoms with Crippen molar-refractivity contribution in [3.05, 3.63) is 53.3 Å². The zero-order valence-electron chi connectivity index (χ0n) is 11.7. The second-order valence-corrected chi connectivity index (χ2v) is 5.23. The van der Waals surface area contributed by atoms with E-state index in [0.29, 0.717) is 5.92 Å². The largest absolute Gasteiger partial charge is 0.396 e. The molecule has 1 aromatic carbocycles. The second kappa shape index (κ2) is 6.53. The fraction of sp³-hybridized carbons (Fsp3) is 0.438. The van der Waals surface area contributed by atoms with Crippen molar-refractivity contribution >= 4 is 0 Å². The van der Waals surface area contributed by atoms with Gasteiger partial charge >= 0.3 is 0 Å². The highest BCUT2D eigenvalue weighted by Crippen LogP contribution is 2.16. The Hall–Kier alpha value is -1.61. The molecular formula is C16H22N2O. The Kier molecular flexibility index (Phi) is 4.74. The summed E-state index contributed by atoms with van der Waals surface area (Å²) in [6.07, 6.45) is 4.72. The predicted molar refractivity (Wildman–Crippen MR) is 77.0 cm³/mol. The van der Waals surface area contributed by atoms with Crippen LogP contribution in [0.4, 0.5) is 0 Å². The van der Waals surface area contributed by atoms with Crippen LogP contribution >= 0.6 is 0 Å². The lowest BCUT2D eigenvalue weighted by Crippen LogP contribution is -2.12. The third-order valence-electron chi connectivity index (χ3n) is 3.60. The van der Waals surface area contributed by atoms with Crippen LogP contribution in [0.3, 0.4) is 0 Å². The van der Waals surface area contributed by atoms with Gasteiger partial charge in [-0.2, -0.15) is 5.10 Å². The predicted octanol–water partition coefficient (Wildman–Crippen LogP) is 2.51. The van der Waals surface area contributed by atoms with Gasteiger partial charge in [-0.1, -0.05) is 29.8 Å². The lowest BCUT2D eigenvalue weighted by Gasteiger charge is -2.14. The Bertz CT molecular complexity index is 519. The fourth-order valence-electron chi connectivity index (χ4n) is 2.43. The maximum absolute atomic E-state index is 9.53. The number of aliphatic hydroxyl groups is 1.